The molecule has 4 N–H and O–H groups in total. The molecule has 0 heterocycles. The van der Waals surface area contributed by atoms with E-state index in [1.807, 2.05) is 6.92 Å². The van der Waals surface area contributed by atoms with Gasteiger partial charge in [-0.15, -0.1) is 0 Å². The number of hydrogen-bond acceptors (Lipinski definition) is 4. The predicted molar refractivity (Wildman–Crippen MR) is 42.7 cm³/mol. The lowest BCUT2D eigenvalue weighted by Gasteiger charge is -2.20. The summed E-state index contributed by atoms with van der Waals surface area (Å²) in [4.78, 5) is -1.59. The average molecular weight is 182 g/mol. The second-order valence-corrected chi connectivity index (χ2v) is 4.45. The van der Waals surface area contributed by atoms with Crippen molar-refractivity contribution in [3.8, 4) is 0 Å². The van der Waals surface area contributed by atoms with Crippen LogP contribution in [0.25, 0.3) is 0 Å². The molecule has 1 unspecified atom stereocenters. The number of rotatable bonds is 4. The molecule has 0 aromatic heterocycles. The van der Waals surface area contributed by atoms with Gasteiger partial charge < -0.3 is 11.1 Å². The first-order valence-corrected chi connectivity index (χ1v) is 4.72. The van der Waals surface area contributed by atoms with E-state index in [-0.39, 0.29) is 6.54 Å². The fourth-order valence-electron chi connectivity index (χ4n) is 0.464. The highest BCUT2D eigenvalue weighted by Gasteiger charge is 2.32. The highest BCUT2D eigenvalue weighted by Crippen LogP contribution is 2.05. The molecule has 6 heteroatoms. The van der Waals surface area contributed by atoms with Crippen molar-refractivity contribution in [1.82, 2.24) is 5.32 Å². The van der Waals surface area contributed by atoms with Gasteiger partial charge in [-0.25, -0.2) is 0 Å². The molecule has 0 saturated carbocycles. The van der Waals surface area contributed by atoms with Gasteiger partial charge in [-0.1, -0.05) is 6.92 Å². The van der Waals surface area contributed by atoms with Gasteiger partial charge in [0, 0.05) is 6.54 Å². The van der Waals surface area contributed by atoms with Crippen molar-refractivity contribution in [1.29, 1.82) is 0 Å². The zero-order valence-corrected chi connectivity index (χ0v) is 7.48. The first-order chi connectivity index (χ1) is 4.81. The summed E-state index contributed by atoms with van der Waals surface area (Å²) in [7, 11) is -4.16. The van der Waals surface area contributed by atoms with E-state index in [9.17, 15) is 8.42 Å². The van der Waals surface area contributed by atoms with E-state index in [4.69, 9.17) is 10.3 Å². The molecule has 0 rings (SSSR count). The number of hydrogen-bond donors (Lipinski definition) is 3. The molecule has 0 amide bonds. The second-order valence-electron chi connectivity index (χ2n) is 2.57. The average Bonchev–Trinajstić information content (AvgIpc) is 1.81. The number of nitrogens with one attached hydrogen (secondary N) is 1. The zero-order chi connectivity index (χ0) is 9.12. The van der Waals surface area contributed by atoms with E-state index in [1.165, 1.54) is 6.92 Å². The van der Waals surface area contributed by atoms with Crippen LogP contribution in [0, 0.1) is 0 Å². The van der Waals surface area contributed by atoms with Crippen molar-refractivity contribution in [3.63, 3.8) is 0 Å². The quantitative estimate of drug-likeness (QED) is 0.493. The highest BCUT2D eigenvalue weighted by atomic mass is 32.2. The van der Waals surface area contributed by atoms with Gasteiger partial charge in [-0.2, -0.15) is 8.42 Å². The van der Waals surface area contributed by atoms with Crippen molar-refractivity contribution < 1.29 is 13.0 Å². The van der Waals surface area contributed by atoms with Crippen molar-refractivity contribution in [3.05, 3.63) is 0 Å². The number of likely N-dealkylation sites (N-methyl/N-ethyl adjacent to an activating group) is 1. The Morgan fingerprint density at radius 3 is 2.36 bits per heavy atom. The number of nitrogens with two attached hydrogens (primary N) is 1. The normalized spacial score (nSPS) is 17.8. The molecule has 0 spiro atoms. The molecule has 0 aromatic carbocycles. The fourth-order valence-corrected chi connectivity index (χ4v) is 0.749. The summed E-state index contributed by atoms with van der Waals surface area (Å²) in [6.45, 7) is 3.73. The smallest absolute Gasteiger partial charge is 0.284 e. The maximum atomic E-state index is 10.5. The summed E-state index contributed by atoms with van der Waals surface area (Å²) in [5.41, 5.74) is 5.28. The van der Waals surface area contributed by atoms with Crippen molar-refractivity contribution in [2.45, 2.75) is 18.7 Å². The first-order valence-electron chi connectivity index (χ1n) is 3.28. The molecular weight excluding hydrogens is 168 g/mol. The summed E-state index contributed by atoms with van der Waals surface area (Å²) in [6, 6.07) is 0. The van der Waals surface area contributed by atoms with Crippen LogP contribution in [-0.2, 0) is 10.1 Å². The van der Waals surface area contributed by atoms with Gasteiger partial charge in [0.1, 0.15) is 0 Å². The van der Waals surface area contributed by atoms with Crippen LogP contribution >= 0.6 is 0 Å². The largest absolute Gasteiger partial charge is 0.314 e. The Morgan fingerprint density at radius 1 is 1.64 bits per heavy atom. The second kappa shape index (κ2) is 3.48. The van der Waals surface area contributed by atoms with Crippen molar-refractivity contribution in [2.75, 3.05) is 13.1 Å². The van der Waals surface area contributed by atoms with Crippen LogP contribution in [0.5, 0.6) is 0 Å². The topological polar surface area (TPSA) is 92.4 Å². The highest BCUT2D eigenvalue weighted by molar-refractivity contribution is 7.87. The van der Waals surface area contributed by atoms with E-state index >= 15 is 0 Å². The van der Waals surface area contributed by atoms with E-state index in [0.29, 0.717) is 6.54 Å². The summed E-state index contributed by atoms with van der Waals surface area (Å²) < 4.78 is 29.7. The van der Waals surface area contributed by atoms with Gasteiger partial charge >= 0.3 is 0 Å². The lowest BCUT2D eigenvalue weighted by Crippen LogP contribution is -2.52. The van der Waals surface area contributed by atoms with E-state index in [2.05, 4.69) is 5.32 Å². The molecule has 0 radical (unpaired) electrons. The molecule has 0 fully saturated rings. The molecular formula is C5H14N2O3S. The third-order valence-corrected chi connectivity index (χ3v) is 2.64. The van der Waals surface area contributed by atoms with Crippen LogP contribution in [0.3, 0.4) is 0 Å². The van der Waals surface area contributed by atoms with Gasteiger partial charge in [0.25, 0.3) is 10.1 Å². The van der Waals surface area contributed by atoms with E-state index in [0.717, 1.165) is 0 Å². The fraction of sp³-hybridized carbons (Fsp3) is 1.00. The molecule has 11 heavy (non-hydrogen) atoms. The Balaban J connectivity index is 4.24. The zero-order valence-electron chi connectivity index (χ0n) is 6.66. The first kappa shape index (κ1) is 10.8. The van der Waals surface area contributed by atoms with Crippen LogP contribution < -0.4 is 11.1 Å². The lowest BCUT2D eigenvalue weighted by molar-refractivity contribution is 0.425. The summed E-state index contributed by atoms with van der Waals surface area (Å²) in [5, 5.41) is 2.73. The van der Waals surface area contributed by atoms with E-state index < -0.39 is 15.0 Å². The van der Waals surface area contributed by atoms with Crippen molar-refractivity contribution in [2.24, 2.45) is 5.73 Å². The third kappa shape index (κ3) is 3.15. The molecule has 68 valence electrons. The van der Waals surface area contributed by atoms with Gasteiger partial charge in [0.15, 0.2) is 4.87 Å². The minimum absolute atomic E-state index is 0.0440. The minimum Gasteiger partial charge on any atom is -0.314 e. The van der Waals surface area contributed by atoms with Gasteiger partial charge in [-0.05, 0) is 13.5 Å². The Bertz CT molecular complexity index is 210. The molecule has 0 bridgehead atoms. The van der Waals surface area contributed by atoms with Crippen LogP contribution in [0.1, 0.15) is 13.8 Å². The molecule has 0 saturated heterocycles. The molecule has 0 aliphatic rings. The Hall–Kier alpha value is -0.170. The standard InChI is InChI=1S/C5H14N2O3S/c1-3-7-4-5(2,6)11(8,9)10/h7H,3-4,6H2,1-2H3,(H,8,9,10). The van der Waals surface area contributed by atoms with Crippen LogP contribution in [0.15, 0.2) is 0 Å². The van der Waals surface area contributed by atoms with Gasteiger partial charge in [0.2, 0.25) is 0 Å². The maximum Gasteiger partial charge on any atom is 0.284 e. The predicted octanol–water partition coefficient (Wildman–Crippen LogP) is -0.841. The van der Waals surface area contributed by atoms with Crippen LogP contribution in [0.2, 0.25) is 0 Å². The molecule has 1 atom stereocenters. The van der Waals surface area contributed by atoms with Crippen LogP contribution in [0.4, 0.5) is 0 Å². The third-order valence-electron chi connectivity index (χ3n) is 1.32. The van der Waals surface area contributed by atoms with Gasteiger partial charge in [0.05, 0.1) is 0 Å². The Labute approximate surface area is 66.7 Å². The monoisotopic (exact) mass is 182 g/mol. The molecule has 0 aliphatic carbocycles. The summed E-state index contributed by atoms with van der Waals surface area (Å²) in [5.74, 6) is 0. The lowest BCUT2D eigenvalue weighted by atomic mass is 10.3. The summed E-state index contributed by atoms with van der Waals surface area (Å²) in [6.07, 6.45) is 0. The Morgan fingerprint density at radius 2 is 2.09 bits per heavy atom. The molecule has 5 nitrogen and oxygen atoms in total. The van der Waals surface area contributed by atoms with E-state index in [1.54, 1.807) is 0 Å². The van der Waals surface area contributed by atoms with Gasteiger partial charge in [-0.3, -0.25) is 4.55 Å². The minimum atomic E-state index is -4.16. The van der Waals surface area contributed by atoms with Crippen LogP contribution in [-0.4, -0.2) is 30.9 Å². The van der Waals surface area contributed by atoms with Crippen molar-refractivity contribution >= 4 is 10.1 Å². The summed E-state index contributed by atoms with van der Waals surface area (Å²) >= 11 is 0. The SMILES string of the molecule is CCNCC(C)(N)S(=O)(=O)O. The maximum absolute atomic E-state index is 10.5. The molecule has 0 aliphatic heterocycles. The molecule has 0 aromatic rings. The Kier molecular flexibility index (Phi) is 3.43.